The normalized spacial score (nSPS) is 11.8. The fourth-order valence-electron chi connectivity index (χ4n) is 1.88. The summed E-state index contributed by atoms with van der Waals surface area (Å²) in [4.78, 5) is 4.61. The molecular formula is C14H19N3O2S2. The second kappa shape index (κ2) is 6.55. The number of aromatic nitrogens is 1. The predicted octanol–water partition coefficient (Wildman–Crippen LogP) is 2.75. The number of thiazole rings is 1. The average Bonchev–Trinajstić information content (AvgIpc) is 2.81. The Morgan fingerprint density at radius 1 is 1.29 bits per heavy atom. The first-order valence-electron chi connectivity index (χ1n) is 6.65. The fraction of sp³-hybridized carbons (Fsp3) is 0.357. The van der Waals surface area contributed by atoms with Crippen LogP contribution in [0.1, 0.15) is 24.5 Å². The molecular weight excluding hydrogens is 306 g/mol. The molecule has 0 radical (unpaired) electrons. The minimum atomic E-state index is -3.52. The number of sulfonamides is 1. The van der Waals surface area contributed by atoms with Gasteiger partial charge in [0, 0.05) is 17.1 Å². The van der Waals surface area contributed by atoms with Crippen molar-refractivity contribution in [2.45, 2.75) is 38.3 Å². The molecule has 2 aromatic rings. The van der Waals surface area contributed by atoms with E-state index in [2.05, 4.69) is 15.0 Å². The van der Waals surface area contributed by atoms with Crippen LogP contribution in [0, 0.1) is 6.92 Å². The van der Waals surface area contributed by atoms with Crippen molar-refractivity contribution in [1.82, 2.24) is 9.71 Å². The second-order valence-electron chi connectivity index (χ2n) is 5.01. The van der Waals surface area contributed by atoms with Crippen LogP contribution in [0.3, 0.4) is 0 Å². The maximum atomic E-state index is 12.3. The van der Waals surface area contributed by atoms with E-state index in [1.54, 1.807) is 43.4 Å². The van der Waals surface area contributed by atoms with Crippen molar-refractivity contribution in [2.75, 3.05) is 5.32 Å². The summed E-state index contributed by atoms with van der Waals surface area (Å²) in [7, 11) is -3.52. The molecule has 0 aliphatic carbocycles. The minimum Gasteiger partial charge on any atom is -0.377 e. The zero-order valence-corrected chi connectivity index (χ0v) is 13.9. The van der Waals surface area contributed by atoms with Crippen LogP contribution in [0.15, 0.2) is 34.5 Å². The average molecular weight is 325 g/mol. The summed E-state index contributed by atoms with van der Waals surface area (Å²) in [5.74, 6) is 0. The Morgan fingerprint density at radius 3 is 2.62 bits per heavy atom. The van der Waals surface area contributed by atoms with E-state index in [0.29, 0.717) is 12.2 Å². The third-order valence-corrected chi connectivity index (χ3v) is 5.35. The molecule has 2 N–H and O–H groups in total. The zero-order chi connectivity index (χ0) is 15.5. The monoisotopic (exact) mass is 325 g/mol. The maximum Gasteiger partial charge on any atom is 0.242 e. The number of hydrogen-bond donors (Lipinski definition) is 2. The molecule has 0 bridgehead atoms. The molecule has 2 rings (SSSR count). The predicted molar refractivity (Wildman–Crippen MR) is 86.1 cm³/mol. The van der Waals surface area contributed by atoms with Gasteiger partial charge in [0.1, 0.15) is 9.90 Å². The summed E-state index contributed by atoms with van der Waals surface area (Å²) in [6.07, 6.45) is 0. The Morgan fingerprint density at radius 2 is 2.00 bits per heavy atom. The van der Waals surface area contributed by atoms with Gasteiger partial charge in [0.2, 0.25) is 10.0 Å². The fourth-order valence-corrected chi connectivity index (χ4v) is 4.02. The van der Waals surface area contributed by atoms with Crippen molar-refractivity contribution in [3.05, 3.63) is 40.3 Å². The molecule has 1 aromatic carbocycles. The SMILES string of the molecule is Cc1csc(CNc2ccccc2S(=O)(=O)NC(C)C)n1. The Balaban J connectivity index is 2.21. The number of rotatable bonds is 6. The highest BCUT2D eigenvalue weighted by atomic mass is 32.2. The van der Waals surface area contributed by atoms with Gasteiger partial charge in [-0.2, -0.15) is 0 Å². The first-order valence-corrected chi connectivity index (χ1v) is 9.01. The molecule has 0 fully saturated rings. The van der Waals surface area contributed by atoms with Gasteiger partial charge in [-0.3, -0.25) is 0 Å². The van der Waals surface area contributed by atoms with E-state index in [1.807, 2.05) is 18.4 Å². The lowest BCUT2D eigenvalue weighted by atomic mass is 10.3. The number of anilines is 1. The van der Waals surface area contributed by atoms with E-state index in [0.717, 1.165) is 10.7 Å². The van der Waals surface area contributed by atoms with E-state index in [1.165, 1.54) is 0 Å². The highest BCUT2D eigenvalue weighted by Crippen LogP contribution is 2.22. The molecule has 5 nitrogen and oxygen atoms in total. The van der Waals surface area contributed by atoms with Gasteiger partial charge in [0.25, 0.3) is 0 Å². The third kappa shape index (κ3) is 4.26. The van der Waals surface area contributed by atoms with E-state index in [-0.39, 0.29) is 10.9 Å². The van der Waals surface area contributed by atoms with Gasteiger partial charge in [-0.15, -0.1) is 11.3 Å². The molecule has 0 saturated carbocycles. The molecule has 1 aromatic heterocycles. The van der Waals surface area contributed by atoms with Gasteiger partial charge in [0.05, 0.1) is 12.2 Å². The zero-order valence-electron chi connectivity index (χ0n) is 12.3. The van der Waals surface area contributed by atoms with E-state index in [9.17, 15) is 8.42 Å². The van der Waals surface area contributed by atoms with Gasteiger partial charge in [-0.1, -0.05) is 12.1 Å². The number of aryl methyl sites for hydroxylation is 1. The van der Waals surface area contributed by atoms with Crippen molar-refractivity contribution in [2.24, 2.45) is 0 Å². The lowest BCUT2D eigenvalue weighted by Crippen LogP contribution is -2.30. The topological polar surface area (TPSA) is 71.1 Å². The highest BCUT2D eigenvalue weighted by Gasteiger charge is 2.19. The van der Waals surface area contributed by atoms with Gasteiger partial charge in [-0.05, 0) is 32.9 Å². The summed E-state index contributed by atoms with van der Waals surface area (Å²) in [5, 5.41) is 6.05. The van der Waals surface area contributed by atoms with Crippen LogP contribution in [0.2, 0.25) is 0 Å². The number of para-hydroxylation sites is 1. The van der Waals surface area contributed by atoms with Crippen molar-refractivity contribution in [1.29, 1.82) is 0 Å². The van der Waals surface area contributed by atoms with Crippen LogP contribution in [0.4, 0.5) is 5.69 Å². The Bertz CT molecular complexity index is 709. The van der Waals surface area contributed by atoms with Crippen LogP contribution < -0.4 is 10.0 Å². The van der Waals surface area contributed by atoms with Crippen molar-refractivity contribution in [3.8, 4) is 0 Å². The number of nitrogens with zero attached hydrogens (tertiary/aromatic N) is 1. The third-order valence-electron chi connectivity index (χ3n) is 2.66. The molecule has 114 valence electrons. The van der Waals surface area contributed by atoms with E-state index < -0.39 is 10.0 Å². The lowest BCUT2D eigenvalue weighted by molar-refractivity contribution is 0.570. The summed E-state index contributed by atoms with van der Waals surface area (Å²) >= 11 is 1.55. The van der Waals surface area contributed by atoms with Gasteiger partial charge >= 0.3 is 0 Å². The molecule has 0 amide bonds. The summed E-state index contributed by atoms with van der Waals surface area (Å²) in [6.45, 7) is 6.04. The first-order chi connectivity index (χ1) is 9.88. The Hall–Kier alpha value is -1.44. The van der Waals surface area contributed by atoms with Crippen LogP contribution in [0.25, 0.3) is 0 Å². The number of hydrogen-bond acceptors (Lipinski definition) is 5. The summed E-state index contributed by atoms with van der Waals surface area (Å²) in [6, 6.07) is 6.73. The van der Waals surface area contributed by atoms with Crippen molar-refractivity contribution >= 4 is 27.0 Å². The van der Waals surface area contributed by atoms with E-state index in [4.69, 9.17) is 0 Å². The minimum absolute atomic E-state index is 0.148. The molecule has 21 heavy (non-hydrogen) atoms. The highest BCUT2D eigenvalue weighted by molar-refractivity contribution is 7.89. The van der Waals surface area contributed by atoms with Gasteiger partial charge in [-0.25, -0.2) is 18.1 Å². The Labute approximate surface area is 129 Å². The second-order valence-corrected chi connectivity index (χ2v) is 7.63. The van der Waals surface area contributed by atoms with Crippen molar-refractivity contribution in [3.63, 3.8) is 0 Å². The summed E-state index contributed by atoms with van der Waals surface area (Å²) < 4.78 is 27.2. The molecule has 0 unspecified atom stereocenters. The molecule has 0 spiro atoms. The van der Waals surface area contributed by atoms with Gasteiger partial charge < -0.3 is 5.32 Å². The molecule has 0 atom stereocenters. The molecule has 7 heteroatoms. The standard InChI is InChI=1S/C14H19N3O2S2/c1-10(2)17-21(18,19)13-7-5-4-6-12(13)15-8-14-16-11(3)9-20-14/h4-7,9-10,15,17H,8H2,1-3H3. The Kier molecular flexibility index (Phi) is 4.97. The number of benzene rings is 1. The van der Waals surface area contributed by atoms with E-state index >= 15 is 0 Å². The first kappa shape index (κ1) is 15.9. The largest absolute Gasteiger partial charge is 0.377 e. The molecule has 0 aliphatic heterocycles. The van der Waals surface area contributed by atoms with Crippen LogP contribution in [-0.2, 0) is 16.6 Å². The van der Waals surface area contributed by atoms with Crippen LogP contribution in [0.5, 0.6) is 0 Å². The lowest BCUT2D eigenvalue weighted by Gasteiger charge is -2.14. The van der Waals surface area contributed by atoms with Crippen LogP contribution >= 0.6 is 11.3 Å². The van der Waals surface area contributed by atoms with Gasteiger partial charge in [0.15, 0.2) is 0 Å². The van der Waals surface area contributed by atoms with Crippen molar-refractivity contribution < 1.29 is 8.42 Å². The number of nitrogens with one attached hydrogen (secondary N) is 2. The summed E-state index contributed by atoms with van der Waals surface area (Å²) in [5.41, 5.74) is 1.55. The molecule has 1 heterocycles. The quantitative estimate of drug-likeness (QED) is 0.857. The van der Waals surface area contributed by atoms with Crippen LogP contribution in [-0.4, -0.2) is 19.4 Å². The molecule has 0 saturated heterocycles. The molecule has 0 aliphatic rings. The maximum absolute atomic E-state index is 12.3. The smallest absolute Gasteiger partial charge is 0.242 e.